The monoisotopic (exact) mass is 353 g/mol. The largest absolute Gasteiger partial charge is 0.367 e. The van der Waals surface area contributed by atoms with Crippen LogP contribution in [0.4, 0.5) is 15.8 Å². The van der Waals surface area contributed by atoms with E-state index in [1.165, 1.54) is 18.2 Å². The second kappa shape index (κ2) is 8.63. The normalized spacial score (nSPS) is 15.4. The van der Waals surface area contributed by atoms with Gasteiger partial charge >= 0.3 is 0 Å². The zero-order valence-corrected chi connectivity index (χ0v) is 15.0. The topological polar surface area (TPSA) is 35.6 Å². The molecule has 1 heterocycles. The summed E-state index contributed by atoms with van der Waals surface area (Å²) in [5, 5.41) is 2.96. The van der Waals surface area contributed by atoms with Crippen molar-refractivity contribution >= 4 is 23.4 Å². The van der Waals surface area contributed by atoms with E-state index in [9.17, 15) is 9.18 Å². The lowest BCUT2D eigenvalue weighted by Gasteiger charge is -2.36. The maximum absolute atomic E-state index is 12.9. The van der Waals surface area contributed by atoms with Crippen LogP contribution < -0.4 is 10.2 Å². The first kappa shape index (κ1) is 18.1. The van der Waals surface area contributed by atoms with Crippen LogP contribution in [0.5, 0.6) is 0 Å². The Hall–Kier alpha value is -2.66. The number of carbonyl (C=O) groups is 1. The molecule has 1 N–H and O–H groups in total. The van der Waals surface area contributed by atoms with Crippen molar-refractivity contribution in [3.63, 3.8) is 0 Å². The van der Waals surface area contributed by atoms with Gasteiger partial charge in [-0.3, -0.25) is 4.79 Å². The molecule has 1 amide bonds. The van der Waals surface area contributed by atoms with Crippen molar-refractivity contribution in [3.05, 3.63) is 66.0 Å². The fraction of sp³-hybridized carbons (Fsp3) is 0.286. The summed E-state index contributed by atoms with van der Waals surface area (Å²) in [6, 6.07) is 13.9. The first-order chi connectivity index (χ1) is 12.7. The molecular weight excluding hydrogens is 329 g/mol. The molecule has 136 valence electrons. The quantitative estimate of drug-likeness (QED) is 0.834. The fourth-order valence-corrected chi connectivity index (χ4v) is 3.08. The van der Waals surface area contributed by atoms with Crippen molar-refractivity contribution in [2.24, 2.45) is 0 Å². The number of likely N-dealkylation sites (N-methyl/N-ethyl adjacent to an activating group) is 1. The second-order valence-electron chi connectivity index (χ2n) is 6.31. The van der Waals surface area contributed by atoms with Gasteiger partial charge in [-0.15, -0.1) is 0 Å². The number of hydrogen-bond acceptors (Lipinski definition) is 3. The minimum absolute atomic E-state index is 0.200. The predicted molar refractivity (Wildman–Crippen MR) is 105 cm³/mol. The SMILES string of the molecule is CCN1CCN(c2ccccc2NC(=O)/C=C/c2ccc(F)cc2)CC1. The number of benzene rings is 2. The van der Waals surface area contributed by atoms with Gasteiger partial charge in [-0.05, 0) is 42.4 Å². The number of halogens is 1. The van der Waals surface area contributed by atoms with E-state index in [0.717, 1.165) is 49.7 Å². The second-order valence-corrected chi connectivity index (χ2v) is 6.31. The molecule has 0 bridgehead atoms. The summed E-state index contributed by atoms with van der Waals surface area (Å²) in [4.78, 5) is 17.0. The van der Waals surface area contributed by atoms with E-state index in [0.29, 0.717) is 0 Å². The molecule has 3 rings (SSSR count). The number of amides is 1. The molecule has 1 saturated heterocycles. The van der Waals surface area contributed by atoms with Gasteiger partial charge in [0.15, 0.2) is 0 Å². The Morgan fingerprint density at radius 1 is 1.08 bits per heavy atom. The molecular formula is C21H24FN3O. The van der Waals surface area contributed by atoms with Crippen LogP contribution in [0.25, 0.3) is 6.08 Å². The van der Waals surface area contributed by atoms with Crippen LogP contribution in [0, 0.1) is 5.82 Å². The summed E-state index contributed by atoms with van der Waals surface area (Å²) in [5.41, 5.74) is 2.64. The molecule has 0 saturated carbocycles. The van der Waals surface area contributed by atoms with E-state index in [1.54, 1.807) is 18.2 Å². The molecule has 5 heteroatoms. The lowest BCUT2D eigenvalue weighted by Crippen LogP contribution is -2.46. The summed E-state index contributed by atoms with van der Waals surface area (Å²) in [7, 11) is 0. The van der Waals surface area contributed by atoms with E-state index >= 15 is 0 Å². The van der Waals surface area contributed by atoms with Gasteiger partial charge in [0.25, 0.3) is 0 Å². The van der Waals surface area contributed by atoms with Gasteiger partial charge < -0.3 is 15.1 Å². The fourth-order valence-electron chi connectivity index (χ4n) is 3.08. The Morgan fingerprint density at radius 3 is 2.46 bits per heavy atom. The number of carbonyl (C=O) groups excluding carboxylic acids is 1. The van der Waals surface area contributed by atoms with Crippen molar-refractivity contribution < 1.29 is 9.18 Å². The smallest absolute Gasteiger partial charge is 0.248 e. The maximum Gasteiger partial charge on any atom is 0.248 e. The summed E-state index contributed by atoms with van der Waals surface area (Å²) >= 11 is 0. The number of piperazine rings is 1. The molecule has 26 heavy (non-hydrogen) atoms. The van der Waals surface area contributed by atoms with Crippen molar-refractivity contribution in [1.82, 2.24) is 4.90 Å². The van der Waals surface area contributed by atoms with Crippen LogP contribution >= 0.6 is 0 Å². The van der Waals surface area contributed by atoms with E-state index in [4.69, 9.17) is 0 Å². The number of hydrogen-bond donors (Lipinski definition) is 1. The van der Waals surface area contributed by atoms with E-state index in [2.05, 4.69) is 22.0 Å². The summed E-state index contributed by atoms with van der Waals surface area (Å²) < 4.78 is 12.9. The lowest BCUT2D eigenvalue weighted by atomic mass is 10.2. The average molecular weight is 353 g/mol. The lowest BCUT2D eigenvalue weighted by molar-refractivity contribution is -0.111. The van der Waals surface area contributed by atoms with E-state index < -0.39 is 0 Å². The third-order valence-electron chi connectivity index (χ3n) is 4.62. The van der Waals surface area contributed by atoms with Crippen molar-refractivity contribution in [3.8, 4) is 0 Å². The Kier molecular flexibility index (Phi) is 6.02. The molecule has 0 aliphatic carbocycles. The van der Waals surface area contributed by atoms with Gasteiger partial charge in [-0.1, -0.05) is 31.2 Å². The zero-order valence-electron chi connectivity index (χ0n) is 15.0. The van der Waals surface area contributed by atoms with Gasteiger partial charge in [-0.2, -0.15) is 0 Å². The zero-order chi connectivity index (χ0) is 18.4. The molecule has 0 spiro atoms. The van der Waals surface area contributed by atoms with Gasteiger partial charge in [0.2, 0.25) is 5.91 Å². The Labute approximate surface area is 153 Å². The first-order valence-electron chi connectivity index (χ1n) is 8.96. The summed E-state index contributed by atoms with van der Waals surface area (Å²) in [5.74, 6) is -0.488. The van der Waals surface area contributed by atoms with E-state index in [-0.39, 0.29) is 11.7 Å². The minimum Gasteiger partial charge on any atom is -0.367 e. The number of rotatable bonds is 5. The van der Waals surface area contributed by atoms with Gasteiger partial charge in [0, 0.05) is 32.3 Å². The Morgan fingerprint density at radius 2 is 1.77 bits per heavy atom. The van der Waals surface area contributed by atoms with Crippen LogP contribution in [-0.2, 0) is 4.79 Å². The Balaban J connectivity index is 1.66. The molecule has 2 aromatic rings. The van der Waals surface area contributed by atoms with Crippen LogP contribution in [0.1, 0.15) is 12.5 Å². The summed E-state index contributed by atoms with van der Waals surface area (Å²) in [6.07, 6.45) is 3.15. The Bertz CT molecular complexity index is 765. The van der Waals surface area contributed by atoms with Gasteiger partial charge in [-0.25, -0.2) is 4.39 Å². The molecule has 0 atom stereocenters. The van der Waals surface area contributed by atoms with Crippen molar-refractivity contribution in [2.75, 3.05) is 42.9 Å². The van der Waals surface area contributed by atoms with Crippen molar-refractivity contribution in [1.29, 1.82) is 0 Å². The molecule has 1 aliphatic rings. The standard InChI is InChI=1S/C21H24FN3O/c1-2-24-13-15-25(16-14-24)20-6-4-3-5-19(20)23-21(26)12-9-17-7-10-18(22)11-8-17/h3-12H,2,13-16H2,1H3,(H,23,26)/b12-9+. The van der Waals surface area contributed by atoms with Gasteiger partial charge in [0.05, 0.1) is 11.4 Å². The van der Waals surface area contributed by atoms with Crippen LogP contribution in [0.2, 0.25) is 0 Å². The minimum atomic E-state index is -0.288. The number of anilines is 2. The predicted octanol–water partition coefficient (Wildman–Crippen LogP) is 3.62. The van der Waals surface area contributed by atoms with Crippen LogP contribution in [0.3, 0.4) is 0 Å². The van der Waals surface area contributed by atoms with Crippen LogP contribution in [-0.4, -0.2) is 43.5 Å². The average Bonchev–Trinajstić information content (AvgIpc) is 2.68. The molecule has 1 aliphatic heterocycles. The molecule has 2 aromatic carbocycles. The van der Waals surface area contributed by atoms with Crippen molar-refractivity contribution in [2.45, 2.75) is 6.92 Å². The highest BCUT2D eigenvalue weighted by Gasteiger charge is 2.18. The molecule has 4 nitrogen and oxygen atoms in total. The molecule has 0 aromatic heterocycles. The third kappa shape index (κ3) is 4.70. The highest BCUT2D eigenvalue weighted by Crippen LogP contribution is 2.26. The maximum atomic E-state index is 12.9. The summed E-state index contributed by atoms with van der Waals surface area (Å²) in [6.45, 7) is 7.21. The molecule has 1 fully saturated rings. The number of nitrogens with zero attached hydrogens (tertiary/aromatic N) is 2. The number of nitrogens with one attached hydrogen (secondary N) is 1. The molecule has 0 unspecified atom stereocenters. The third-order valence-corrected chi connectivity index (χ3v) is 4.62. The first-order valence-corrected chi connectivity index (χ1v) is 8.96. The highest BCUT2D eigenvalue weighted by atomic mass is 19.1. The van der Waals surface area contributed by atoms with Gasteiger partial charge in [0.1, 0.15) is 5.82 Å². The van der Waals surface area contributed by atoms with Crippen LogP contribution in [0.15, 0.2) is 54.6 Å². The van der Waals surface area contributed by atoms with E-state index in [1.807, 2.05) is 24.3 Å². The highest BCUT2D eigenvalue weighted by molar-refractivity contribution is 6.03. The number of para-hydroxylation sites is 2. The molecule has 0 radical (unpaired) electrons.